The predicted molar refractivity (Wildman–Crippen MR) is 157 cm³/mol. The third kappa shape index (κ3) is 5.55. The fourth-order valence-corrected chi connectivity index (χ4v) is 5.77. The van der Waals surface area contributed by atoms with Crippen molar-refractivity contribution in [2.24, 2.45) is 0 Å². The molecule has 1 radical (unpaired) electrons. The van der Waals surface area contributed by atoms with Gasteiger partial charge in [0.25, 0.3) is 0 Å². The molecule has 7 rings (SSSR count). The molecule has 0 N–H and O–H groups in total. The molecule has 2 aromatic heterocycles. The van der Waals surface area contributed by atoms with E-state index < -0.39 is 0 Å². The Hall–Kier alpha value is -3.33. The number of imidazole rings is 1. The van der Waals surface area contributed by atoms with Crippen LogP contribution in [0.1, 0.15) is 62.3 Å². The zero-order valence-corrected chi connectivity index (χ0v) is 25.1. The molecule has 199 valence electrons. The number of pyridine rings is 1. The van der Waals surface area contributed by atoms with Crippen LogP contribution in [0.4, 0.5) is 0 Å². The second kappa shape index (κ2) is 11.4. The van der Waals surface area contributed by atoms with E-state index >= 15 is 0 Å². The molecule has 4 heteroatoms. The summed E-state index contributed by atoms with van der Waals surface area (Å²) >= 11 is 0. The molecular formula is C35H33IrN3-2. The summed E-state index contributed by atoms with van der Waals surface area (Å²) in [5.41, 5.74) is 9.23. The number of benzene rings is 3. The van der Waals surface area contributed by atoms with Crippen LogP contribution >= 0.6 is 0 Å². The average Bonchev–Trinajstić information content (AvgIpc) is 3.62. The van der Waals surface area contributed by atoms with Crippen LogP contribution in [0.5, 0.6) is 0 Å². The minimum absolute atomic E-state index is 0. The minimum Gasteiger partial charge on any atom is -0.355 e. The molecule has 3 heterocycles. The van der Waals surface area contributed by atoms with Crippen LogP contribution < -0.4 is 0 Å². The maximum atomic E-state index is 5.07. The van der Waals surface area contributed by atoms with Gasteiger partial charge in [-0.25, -0.2) is 0 Å². The van der Waals surface area contributed by atoms with Gasteiger partial charge in [0.15, 0.2) is 0 Å². The van der Waals surface area contributed by atoms with Crippen LogP contribution in [0.25, 0.3) is 39.8 Å². The van der Waals surface area contributed by atoms with Crippen LogP contribution in [0.15, 0.2) is 84.9 Å². The van der Waals surface area contributed by atoms with Gasteiger partial charge < -0.3 is 9.55 Å². The van der Waals surface area contributed by atoms with Gasteiger partial charge in [0.2, 0.25) is 0 Å². The standard InChI is InChI=1S/C23H23N2.C12H10N.Ir/c1-23(2)13-12-18-14-19(16-8-6-7-9-16)15-20-21(18)25(23)22(24-20)17-10-4-3-5-11-17;1-10-6-5-9-12(13-10)11-7-3-2-4-8-11;/h3-5,10,12-16H,6-9H2,1-2H3;2-7,9H,1H3;/q2*-1;. The Balaban J connectivity index is 0.000000187. The first kappa shape index (κ1) is 27.2. The van der Waals surface area contributed by atoms with E-state index in [1.807, 2.05) is 61.5 Å². The molecule has 0 atom stereocenters. The smallest absolute Gasteiger partial charge is 0.0780 e. The molecule has 0 amide bonds. The number of aromatic nitrogens is 3. The molecule has 1 aliphatic heterocycles. The van der Waals surface area contributed by atoms with E-state index in [0.717, 1.165) is 33.9 Å². The summed E-state index contributed by atoms with van der Waals surface area (Å²) in [5.74, 6) is 1.73. The number of rotatable bonds is 3. The Morgan fingerprint density at radius 1 is 0.846 bits per heavy atom. The van der Waals surface area contributed by atoms with E-state index in [1.54, 1.807) is 0 Å². The van der Waals surface area contributed by atoms with Crippen LogP contribution in [0.3, 0.4) is 0 Å². The Labute approximate surface area is 245 Å². The van der Waals surface area contributed by atoms with Crippen LogP contribution in [-0.4, -0.2) is 14.5 Å². The number of allylic oxidation sites excluding steroid dienone is 1. The van der Waals surface area contributed by atoms with Crippen molar-refractivity contribution in [2.75, 3.05) is 0 Å². The number of hydrogen-bond acceptors (Lipinski definition) is 2. The summed E-state index contributed by atoms with van der Waals surface area (Å²) in [7, 11) is 0. The van der Waals surface area contributed by atoms with Gasteiger partial charge in [-0.05, 0) is 74.6 Å². The summed E-state index contributed by atoms with van der Waals surface area (Å²) in [5, 5.41) is 0. The summed E-state index contributed by atoms with van der Waals surface area (Å²) in [6.07, 6.45) is 9.96. The Morgan fingerprint density at radius 3 is 2.23 bits per heavy atom. The van der Waals surface area contributed by atoms with E-state index in [0.29, 0.717) is 5.92 Å². The van der Waals surface area contributed by atoms with Crippen molar-refractivity contribution in [3.63, 3.8) is 0 Å². The molecule has 0 bridgehead atoms. The zero-order chi connectivity index (χ0) is 26.1. The van der Waals surface area contributed by atoms with Gasteiger partial charge in [-0.15, -0.1) is 71.8 Å². The molecule has 1 fully saturated rings. The van der Waals surface area contributed by atoms with Crippen molar-refractivity contribution in [1.29, 1.82) is 0 Å². The van der Waals surface area contributed by atoms with E-state index in [9.17, 15) is 0 Å². The molecule has 3 nitrogen and oxygen atoms in total. The monoisotopic (exact) mass is 688 g/mol. The quantitative estimate of drug-likeness (QED) is 0.178. The summed E-state index contributed by atoms with van der Waals surface area (Å²) in [6, 6.07) is 33.3. The van der Waals surface area contributed by atoms with Crippen LogP contribution in [0, 0.1) is 19.1 Å². The molecule has 3 aromatic carbocycles. The van der Waals surface area contributed by atoms with Gasteiger partial charge in [0.05, 0.1) is 22.4 Å². The molecule has 0 unspecified atom stereocenters. The van der Waals surface area contributed by atoms with Gasteiger partial charge >= 0.3 is 0 Å². The number of nitrogens with zero attached hydrogens (tertiary/aromatic N) is 3. The van der Waals surface area contributed by atoms with Crippen molar-refractivity contribution in [2.45, 2.75) is 57.9 Å². The molecule has 2 aliphatic rings. The molecule has 5 aromatic rings. The maximum absolute atomic E-state index is 5.07. The molecule has 39 heavy (non-hydrogen) atoms. The third-order valence-corrected chi connectivity index (χ3v) is 7.70. The second-order valence-corrected chi connectivity index (χ2v) is 10.9. The van der Waals surface area contributed by atoms with Crippen molar-refractivity contribution in [3.8, 4) is 22.6 Å². The SMILES string of the molecule is CC1(C)C=Cc2cc(C3CCCC3)cc3nc(-c4[c-]cccc4)n1c23.Cc1cccc(-c2[c-]cccc2)n1.[Ir]. The van der Waals surface area contributed by atoms with Crippen molar-refractivity contribution in [3.05, 3.63) is 114 Å². The summed E-state index contributed by atoms with van der Waals surface area (Å²) in [4.78, 5) is 9.49. The van der Waals surface area contributed by atoms with Gasteiger partial charge in [0.1, 0.15) is 0 Å². The summed E-state index contributed by atoms with van der Waals surface area (Å²) < 4.78 is 2.39. The Bertz CT molecular complexity index is 1590. The van der Waals surface area contributed by atoms with Gasteiger partial charge in [-0.2, -0.15) is 0 Å². The number of hydrogen-bond donors (Lipinski definition) is 0. The topological polar surface area (TPSA) is 30.7 Å². The predicted octanol–water partition coefficient (Wildman–Crippen LogP) is 8.78. The van der Waals surface area contributed by atoms with E-state index in [2.05, 4.69) is 71.9 Å². The fourth-order valence-electron chi connectivity index (χ4n) is 5.77. The van der Waals surface area contributed by atoms with E-state index in [4.69, 9.17) is 4.98 Å². The molecular weight excluding hydrogens is 655 g/mol. The molecule has 0 spiro atoms. The van der Waals surface area contributed by atoms with Crippen LogP contribution in [0.2, 0.25) is 0 Å². The van der Waals surface area contributed by atoms with E-state index in [1.165, 1.54) is 42.3 Å². The number of aryl methyl sites for hydroxylation is 1. The van der Waals surface area contributed by atoms with Gasteiger partial charge in [-0.1, -0.05) is 37.1 Å². The summed E-state index contributed by atoms with van der Waals surface area (Å²) in [6.45, 7) is 6.50. The molecule has 1 saturated carbocycles. The van der Waals surface area contributed by atoms with Crippen molar-refractivity contribution >= 4 is 17.1 Å². The van der Waals surface area contributed by atoms with Gasteiger partial charge in [0, 0.05) is 25.8 Å². The minimum atomic E-state index is -0.0877. The van der Waals surface area contributed by atoms with Gasteiger partial charge in [-0.3, -0.25) is 4.98 Å². The third-order valence-electron chi connectivity index (χ3n) is 7.70. The fraction of sp³-hybridized carbons (Fsp3) is 0.257. The normalized spacial score (nSPS) is 15.5. The van der Waals surface area contributed by atoms with Crippen LogP contribution in [-0.2, 0) is 25.6 Å². The second-order valence-electron chi connectivity index (χ2n) is 10.9. The zero-order valence-electron chi connectivity index (χ0n) is 22.7. The Morgan fingerprint density at radius 2 is 1.56 bits per heavy atom. The first-order valence-electron chi connectivity index (χ1n) is 13.6. The van der Waals surface area contributed by atoms with E-state index in [-0.39, 0.29) is 25.6 Å². The first-order valence-corrected chi connectivity index (χ1v) is 13.6. The average molecular weight is 688 g/mol. The van der Waals surface area contributed by atoms with Crippen molar-refractivity contribution in [1.82, 2.24) is 14.5 Å². The first-order chi connectivity index (χ1) is 18.5. The maximum Gasteiger partial charge on any atom is 0.0780 e. The molecule has 0 saturated heterocycles. The largest absolute Gasteiger partial charge is 0.355 e. The Kier molecular flexibility index (Phi) is 7.98. The van der Waals surface area contributed by atoms with Crippen molar-refractivity contribution < 1.29 is 20.1 Å². The molecule has 1 aliphatic carbocycles.